The second-order valence-corrected chi connectivity index (χ2v) is 7.04. The fourth-order valence-corrected chi connectivity index (χ4v) is 3.73. The summed E-state index contributed by atoms with van der Waals surface area (Å²) in [4.78, 5) is 0. The second kappa shape index (κ2) is 4.65. The number of benzene rings is 1. The van der Waals surface area contributed by atoms with Crippen molar-refractivity contribution in [2.24, 2.45) is 0 Å². The molecule has 3 rings (SSSR count). The smallest absolute Gasteiger partial charge is 0.236 e. The average molecular weight is 278 g/mol. The molecule has 2 aromatic rings. The van der Waals surface area contributed by atoms with Crippen molar-refractivity contribution in [1.82, 2.24) is 9.29 Å². The topological polar surface area (TPSA) is 51.1 Å². The van der Waals surface area contributed by atoms with Crippen LogP contribution in [0.3, 0.4) is 0 Å². The van der Waals surface area contributed by atoms with Gasteiger partial charge < -0.3 is 5.32 Å². The van der Waals surface area contributed by atoms with Gasteiger partial charge in [-0.1, -0.05) is 18.2 Å². The van der Waals surface area contributed by atoms with Crippen molar-refractivity contribution in [3.05, 3.63) is 36.0 Å². The molecular weight excluding hydrogens is 260 g/mol. The Morgan fingerprint density at radius 2 is 1.89 bits per heavy atom. The summed E-state index contributed by atoms with van der Waals surface area (Å²) in [6, 6.07) is 7.76. The van der Waals surface area contributed by atoms with Crippen molar-refractivity contribution in [3.8, 4) is 0 Å². The molecule has 0 amide bonds. The Hall–Kier alpha value is -1.33. The van der Waals surface area contributed by atoms with Crippen LogP contribution in [-0.2, 0) is 10.0 Å². The summed E-state index contributed by atoms with van der Waals surface area (Å²) in [6.45, 7) is 2.01. The van der Waals surface area contributed by atoms with Crippen LogP contribution in [0, 0.1) is 0 Å². The van der Waals surface area contributed by atoms with Crippen LogP contribution in [0.25, 0.3) is 10.9 Å². The van der Waals surface area contributed by atoms with Gasteiger partial charge in [0.15, 0.2) is 0 Å². The van der Waals surface area contributed by atoms with E-state index in [-0.39, 0.29) is 0 Å². The molecule has 19 heavy (non-hydrogen) atoms. The highest BCUT2D eigenvalue weighted by atomic mass is 32.2. The molecule has 102 valence electrons. The van der Waals surface area contributed by atoms with Crippen LogP contribution in [0.1, 0.15) is 24.3 Å². The molecule has 0 radical (unpaired) electrons. The second-order valence-electron chi connectivity index (χ2n) is 5.18. The maximum atomic E-state index is 11.9. The molecule has 1 aromatic carbocycles. The lowest BCUT2D eigenvalue weighted by Crippen LogP contribution is -2.26. The predicted molar refractivity (Wildman–Crippen MR) is 77.0 cm³/mol. The zero-order valence-electron chi connectivity index (χ0n) is 11.0. The highest BCUT2D eigenvalue weighted by Crippen LogP contribution is 2.33. The van der Waals surface area contributed by atoms with Gasteiger partial charge in [-0.2, -0.15) is 0 Å². The highest BCUT2D eigenvalue weighted by Gasteiger charge is 2.22. The number of aromatic nitrogens is 1. The van der Waals surface area contributed by atoms with Gasteiger partial charge >= 0.3 is 0 Å². The molecule has 1 aliphatic rings. The third kappa shape index (κ3) is 2.28. The largest absolute Gasteiger partial charge is 0.317 e. The van der Waals surface area contributed by atoms with Crippen LogP contribution in [0.15, 0.2) is 30.5 Å². The Morgan fingerprint density at radius 1 is 1.21 bits per heavy atom. The van der Waals surface area contributed by atoms with Gasteiger partial charge in [0.1, 0.15) is 0 Å². The van der Waals surface area contributed by atoms with Gasteiger partial charge in [-0.15, -0.1) is 0 Å². The molecule has 4 nitrogen and oxygen atoms in total. The summed E-state index contributed by atoms with van der Waals surface area (Å²) in [5, 5.41) is 4.41. The van der Waals surface area contributed by atoms with E-state index in [1.807, 2.05) is 30.5 Å². The Balaban J connectivity index is 2.20. The highest BCUT2D eigenvalue weighted by molar-refractivity contribution is 7.89. The van der Waals surface area contributed by atoms with E-state index in [0.717, 1.165) is 36.8 Å². The molecule has 1 fully saturated rings. The van der Waals surface area contributed by atoms with Crippen LogP contribution < -0.4 is 5.32 Å². The van der Waals surface area contributed by atoms with E-state index in [1.165, 1.54) is 15.8 Å². The minimum absolute atomic E-state index is 0.453. The molecule has 0 bridgehead atoms. The van der Waals surface area contributed by atoms with E-state index in [0.29, 0.717) is 5.92 Å². The molecule has 0 saturated carbocycles. The van der Waals surface area contributed by atoms with Crippen LogP contribution >= 0.6 is 0 Å². The number of hydrogen-bond acceptors (Lipinski definition) is 3. The first-order chi connectivity index (χ1) is 9.07. The maximum Gasteiger partial charge on any atom is 0.236 e. The number of fused-ring (bicyclic) bond motifs is 1. The quantitative estimate of drug-likeness (QED) is 0.913. The first-order valence-electron chi connectivity index (χ1n) is 6.58. The summed E-state index contributed by atoms with van der Waals surface area (Å²) in [5.74, 6) is 0.453. The molecule has 0 unspecified atom stereocenters. The first kappa shape index (κ1) is 12.7. The normalized spacial score (nSPS) is 17.9. The molecule has 1 saturated heterocycles. The third-order valence-corrected chi connectivity index (χ3v) is 4.86. The van der Waals surface area contributed by atoms with Crippen LogP contribution in [-0.4, -0.2) is 31.7 Å². The first-order valence-corrected chi connectivity index (χ1v) is 8.43. The van der Waals surface area contributed by atoms with E-state index < -0.39 is 10.0 Å². The van der Waals surface area contributed by atoms with Gasteiger partial charge in [0.25, 0.3) is 0 Å². The average Bonchev–Trinajstić information content (AvgIpc) is 2.79. The number of piperidine rings is 1. The zero-order valence-corrected chi connectivity index (χ0v) is 11.8. The molecule has 5 heteroatoms. The van der Waals surface area contributed by atoms with Gasteiger partial charge in [-0.05, 0) is 43.5 Å². The molecule has 1 aromatic heterocycles. The van der Waals surface area contributed by atoms with Crippen LogP contribution in [0.5, 0.6) is 0 Å². The molecular formula is C14H18N2O2S. The molecule has 0 spiro atoms. The molecule has 0 atom stereocenters. The molecule has 2 heterocycles. The fraction of sp³-hybridized carbons (Fsp3) is 0.429. The standard InChI is InChI=1S/C14H18N2O2S/c1-19(17,18)16-10-13(11-6-8-15-9-7-11)12-4-2-3-5-14(12)16/h2-5,10-11,15H,6-9H2,1H3. The van der Waals surface area contributed by atoms with Gasteiger partial charge in [0, 0.05) is 11.6 Å². The van der Waals surface area contributed by atoms with Gasteiger partial charge in [-0.25, -0.2) is 12.4 Å². The SMILES string of the molecule is CS(=O)(=O)n1cc(C2CCNCC2)c2ccccc21. The number of rotatable bonds is 2. The van der Waals surface area contributed by atoms with Crippen LogP contribution in [0.4, 0.5) is 0 Å². The summed E-state index contributed by atoms with van der Waals surface area (Å²) in [6.07, 6.45) is 5.21. The Labute approximate surface area is 113 Å². The Kier molecular flexibility index (Phi) is 3.11. The van der Waals surface area contributed by atoms with E-state index >= 15 is 0 Å². The molecule has 0 aliphatic carbocycles. The van der Waals surface area contributed by atoms with Crippen molar-refractivity contribution in [2.45, 2.75) is 18.8 Å². The van der Waals surface area contributed by atoms with Gasteiger partial charge in [0.05, 0.1) is 11.8 Å². The molecule has 1 N–H and O–H groups in total. The third-order valence-electron chi connectivity index (χ3n) is 3.85. The van der Waals surface area contributed by atoms with Gasteiger partial charge in [0.2, 0.25) is 10.0 Å². The van der Waals surface area contributed by atoms with E-state index in [4.69, 9.17) is 0 Å². The number of nitrogens with zero attached hydrogens (tertiary/aromatic N) is 1. The van der Waals surface area contributed by atoms with E-state index in [2.05, 4.69) is 5.32 Å². The Bertz CT molecular complexity index is 697. The Morgan fingerprint density at radius 3 is 2.58 bits per heavy atom. The number of para-hydroxylation sites is 1. The summed E-state index contributed by atoms with van der Waals surface area (Å²) in [5.41, 5.74) is 1.96. The van der Waals surface area contributed by atoms with Crippen molar-refractivity contribution >= 4 is 20.9 Å². The summed E-state index contributed by atoms with van der Waals surface area (Å²) < 4.78 is 25.2. The fourth-order valence-electron chi connectivity index (χ4n) is 2.91. The zero-order chi connectivity index (χ0) is 13.5. The number of hydrogen-bond donors (Lipinski definition) is 1. The van der Waals surface area contributed by atoms with Gasteiger partial charge in [-0.3, -0.25) is 0 Å². The van der Waals surface area contributed by atoms with Crippen molar-refractivity contribution < 1.29 is 8.42 Å². The predicted octanol–water partition coefficient (Wildman–Crippen LogP) is 1.92. The van der Waals surface area contributed by atoms with Crippen molar-refractivity contribution in [1.29, 1.82) is 0 Å². The van der Waals surface area contributed by atoms with Crippen LogP contribution in [0.2, 0.25) is 0 Å². The maximum absolute atomic E-state index is 11.9. The molecule has 1 aliphatic heterocycles. The van der Waals surface area contributed by atoms with E-state index in [1.54, 1.807) is 0 Å². The minimum Gasteiger partial charge on any atom is -0.317 e. The lowest BCUT2D eigenvalue weighted by atomic mass is 9.90. The lowest BCUT2D eigenvalue weighted by Gasteiger charge is -2.22. The lowest BCUT2D eigenvalue weighted by molar-refractivity contribution is 0.462. The monoisotopic (exact) mass is 278 g/mol. The van der Waals surface area contributed by atoms with E-state index in [9.17, 15) is 8.42 Å². The van der Waals surface area contributed by atoms with Crippen molar-refractivity contribution in [3.63, 3.8) is 0 Å². The summed E-state index contributed by atoms with van der Waals surface area (Å²) in [7, 11) is -3.25. The number of nitrogens with one attached hydrogen (secondary N) is 1. The minimum atomic E-state index is -3.25. The summed E-state index contributed by atoms with van der Waals surface area (Å²) >= 11 is 0. The van der Waals surface area contributed by atoms with Crippen molar-refractivity contribution in [2.75, 3.05) is 19.3 Å².